The van der Waals surface area contributed by atoms with Crippen molar-refractivity contribution in [1.82, 2.24) is 0 Å². The summed E-state index contributed by atoms with van der Waals surface area (Å²) in [5.41, 5.74) is 0.622. The summed E-state index contributed by atoms with van der Waals surface area (Å²) in [5.74, 6) is -2.92. The summed E-state index contributed by atoms with van der Waals surface area (Å²) >= 11 is 11.7. The fourth-order valence-corrected chi connectivity index (χ4v) is 2.14. The highest BCUT2D eigenvalue weighted by Gasteiger charge is 2.15. The summed E-state index contributed by atoms with van der Waals surface area (Å²) < 4.78 is 9.35. The summed E-state index contributed by atoms with van der Waals surface area (Å²) in [6, 6.07) is 4.98. The molecule has 0 unspecified atom stereocenters. The van der Waals surface area contributed by atoms with Gasteiger partial charge in [0, 0.05) is 22.0 Å². The molecular formula is C15H14Cl2O6. The molecule has 0 saturated carbocycles. The highest BCUT2D eigenvalue weighted by Crippen LogP contribution is 2.19. The van der Waals surface area contributed by atoms with Gasteiger partial charge in [-0.3, -0.25) is 4.79 Å². The molecule has 0 aliphatic rings. The fourth-order valence-electron chi connectivity index (χ4n) is 1.56. The average molecular weight is 361 g/mol. The Balaban J connectivity index is 2.35. The molecule has 0 aliphatic carbocycles. The van der Waals surface area contributed by atoms with Gasteiger partial charge in [0.05, 0.1) is 13.0 Å². The predicted molar refractivity (Wildman–Crippen MR) is 83.5 cm³/mol. The van der Waals surface area contributed by atoms with Crippen LogP contribution in [0.1, 0.15) is 12.0 Å². The minimum Gasteiger partial charge on any atom is -0.479 e. The molecule has 1 rings (SSSR count). The van der Waals surface area contributed by atoms with E-state index in [0.717, 1.165) is 5.56 Å². The summed E-state index contributed by atoms with van der Waals surface area (Å²) in [7, 11) is 0. The Bertz CT molecular complexity index is 606. The molecule has 23 heavy (non-hydrogen) atoms. The van der Waals surface area contributed by atoms with E-state index in [2.05, 4.69) is 11.3 Å². The summed E-state index contributed by atoms with van der Waals surface area (Å²) in [5, 5.41) is 9.33. The minimum absolute atomic E-state index is 0.0763. The van der Waals surface area contributed by atoms with E-state index in [1.54, 1.807) is 18.2 Å². The number of ether oxygens (including phenoxy) is 2. The molecule has 1 aromatic carbocycles. The lowest BCUT2D eigenvalue weighted by molar-refractivity contribution is -0.153. The number of rotatable bonds is 8. The maximum atomic E-state index is 11.6. The van der Waals surface area contributed by atoms with Crippen LogP contribution >= 0.6 is 23.2 Å². The van der Waals surface area contributed by atoms with Crippen molar-refractivity contribution in [2.24, 2.45) is 0 Å². The second-order valence-corrected chi connectivity index (χ2v) is 5.37. The predicted octanol–water partition coefficient (Wildman–Crippen LogP) is 2.65. The van der Waals surface area contributed by atoms with Gasteiger partial charge in [0.1, 0.15) is 0 Å². The van der Waals surface area contributed by atoms with Crippen LogP contribution in [-0.4, -0.2) is 36.2 Å². The molecule has 0 bridgehead atoms. The minimum atomic E-state index is -1.30. The van der Waals surface area contributed by atoms with Gasteiger partial charge >= 0.3 is 17.9 Å². The van der Waals surface area contributed by atoms with Crippen molar-refractivity contribution in [3.05, 3.63) is 46.0 Å². The second-order valence-electron chi connectivity index (χ2n) is 4.50. The molecule has 1 N–H and O–H groups in total. The summed E-state index contributed by atoms with van der Waals surface area (Å²) in [4.78, 5) is 33.1. The van der Waals surface area contributed by atoms with Gasteiger partial charge in [-0.05, 0) is 23.8 Å². The van der Waals surface area contributed by atoms with Crippen molar-refractivity contribution in [3.63, 3.8) is 0 Å². The Morgan fingerprint density at radius 3 is 2.26 bits per heavy atom. The van der Waals surface area contributed by atoms with Crippen molar-refractivity contribution in [2.45, 2.75) is 12.8 Å². The van der Waals surface area contributed by atoms with Crippen LogP contribution in [0.3, 0.4) is 0 Å². The van der Waals surface area contributed by atoms with Crippen LogP contribution in [0.5, 0.6) is 0 Å². The van der Waals surface area contributed by atoms with Crippen molar-refractivity contribution >= 4 is 41.1 Å². The molecule has 0 aliphatic heterocycles. The number of carboxylic acid groups (broad SMARTS) is 1. The zero-order valence-corrected chi connectivity index (χ0v) is 13.5. The van der Waals surface area contributed by atoms with Crippen LogP contribution in [0, 0.1) is 0 Å². The first-order valence-corrected chi connectivity index (χ1v) is 7.21. The first-order chi connectivity index (χ1) is 10.8. The molecule has 0 heterocycles. The van der Waals surface area contributed by atoms with Crippen LogP contribution in [-0.2, 0) is 30.3 Å². The lowest BCUT2D eigenvalue weighted by atomic mass is 10.1. The smallest absolute Gasteiger partial charge is 0.341 e. The summed E-state index contributed by atoms with van der Waals surface area (Å²) in [6.45, 7) is 2.65. The van der Waals surface area contributed by atoms with E-state index in [4.69, 9.17) is 33.0 Å². The molecule has 0 amide bonds. The third-order valence-electron chi connectivity index (χ3n) is 2.55. The summed E-state index contributed by atoms with van der Waals surface area (Å²) in [6.07, 6.45) is 0.0245. The monoisotopic (exact) mass is 360 g/mol. The van der Waals surface area contributed by atoms with Crippen LogP contribution < -0.4 is 0 Å². The maximum absolute atomic E-state index is 11.6. The Labute approximate surface area is 142 Å². The first kappa shape index (κ1) is 19.0. The molecule has 0 spiro atoms. The van der Waals surface area contributed by atoms with E-state index >= 15 is 0 Å². The van der Waals surface area contributed by atoms with Gasteiger partial charge in [0.2, 0.25) is 0 Å². The van der Waals surface area contributed by atoms with Crippen molar-refractivity contribution in [1.29, 1.82) is 0 Å². The Morgan fingerprint density at radius 1 is 1.09 bits per heavy atom. The Morgan fingerprint density at radius 2 is 1.70 bits per heavy atom. The molecule has 0 fully saturated rings. The number of carbonyl (C=O) groups excluding carboxylic acids is 2. The van der Waals surface area contributed by atoms with E-state index in [9.17, 15) is 14.4 Å². The topological polar surface area (TPSA) is 89.9 Å². The fraction of sp³-hybridized carbons (Fsp3) is 0.267. The maximum Gasteiger partial charge on any atom is 0.341 e. The van der Waals surface area contributed by atoms with E-state index < -0.39 is 24.5 Å². The molecule has 0 aromatic heterocycles. The highest BCUT2D eigenvalue weighted by molar-refractivity contribution is 6.34. The quantitative estimate of drug-likeness (QED) is 0.566. The molecule has 1 aromatic rings. The lowest BCUT2D eigenvalue weighted by Gasteiger charge is -2.07. The van der Waals surface area contributed by atoms with Gasteiger partial charge in [-0.2, -0.15) is 0 Å². The van der Waals surface area contributed by atoms with E-state index in [0.29, 0.717) is 16.5 Å². The first-order valence-electron chi connectivity index (χ1n) is 6.45. The standard InChI is InChI=1S/C15H14Cl2O6/c1-9(15(21)23-8-13(18)19)4-14(20)22-3-2-10-5-11(16)7-12(17)6-10/h5-7H,1-4,8H2,(H,18,19). The molecular weight excluding hydrogens is 347 g/mol. The normalized spacial score (nSPS) is 10.0. The number of halogens is 2. The number of benzene rings is 1. The van der Waals surface area contributed by atoms with Crippen molar-refractivity contribution in [2.75, 3.05) is 13.2 Å². The lowest BCUT2D eigenvalue weighted by Crippen LogP contribution is -2.17. The molecule has 0 radical (unpaired) electrons. The zero-order chi connectivity index (χ0) is 17.4. The Kier molecular flexibility index (Phi) is 7.57. The van der Waals surface area contributed by atoms with Gasteiger partial charge in [0.15, 0.2) is 6.61 Å². The average Bonchev–Trinajstić information content (AvgIpc) is 2.43. The molecule has 6 nitrogen and oxygen atoms in total. The molecule has 0 atom stereocenters. The largest absolute Gasteiger partial charge is 0.479 e. The third-order valence-corrected chi connectivity index (χ3v) is 2.99. The number of aliphatic carboxylic acids is 1. The number of hydrogen-bond donors (Lipinski definition) is 1. The van der Waals surface area contributed by atoms with E-state index in [1.165, 1.54) is 0 Å². The third kappa shape index (κ3) is 7.67. The molecule has 8 heteroatoms. The number of carboxylic acids is 1. The number of esters is 2. The van der Waals surface area contributed by atoms with E-state index in [-0.39, 0.29) is 18.6 Å². The van der Waals surface area contributed by atoms with Gasteiger partial charge in [-0.15, -0.1) is 0 Å². The van der Waals surface area contributed by atoms with Crippen LogP contribution in [0.2, 0.25) is 10.0 Å². The van der Waals surface area contributed by atoms with Gasteiger partial charge < -0.3 is 14.6 Å². The second kappa shape index (κ2) is 9.17. The van der Waals surface area contributed by atoms with Gasteiger partial charge in [-0.25, -0.2) is 9.59 Å². The molecule has 124 valence electrons. The molecule has 0 saturated heterocycles. The Hall–Kier alpha value is -2.05. The number of hydrogen-bond acceptors (Lipinski definition) is 5. The van der Waals surface area contributed by atoms with E-state index in [1.807, 2.05) is 0 Å². The SMILES string of the molecule is C=C(CC(=O)OCCc1cc(Cl)cc(Cl)c1)C(=O)OCC(=O)O. The van der Waals surface area contributed by atoms with Gasteiger partial charge in [-0.1, -0.05) is 29.8 Å². The van der Waals surface area contributed by atoms with Crippen LogP contribution in [0.15, 0.2) is 30.4 Å². The van der Waals surface area contributed by atoms with Crippen LogP contribution in [0.25, 0.3) is 0 Å². The zero-order valence-electron chi connectivity index (χ0n) is 12.0. The van der Waals surface area contributed by atoms with Crippen LogP contribution in [0.4, 0.5) is 0 Å². The van der Waals surface area contributed by atoms with Gasteiger partial charge in [0.25, 0.3) is 0 Å². The highest BCUT2D eigenvalue weighted by atomic mass is 35.5. The van der Waals surface area contributed by atoms with Crippen molar-refractivity contribution in [3.8, 4) is 0 Å². The van der Waals surface area contributed by atoms with Crippen molar-refractivity contribution < 1.29 is 29.0 Å². The number of carbonyl (C=O) groups is 3.